The highest BCUT2D eigenvalue weighted by Crippen LogP contribution is 2.31. The fourth-order valence-electron chi connectivity index (χ4n) is 2.62. The fourth-order valence-corrected chi connectivity index (χ4v) is 2.79. The van der Waals surface area contributed by atoms with Gasteiger partial charge in [0.1, 0.15) is 0 Å². The number of amides is 1. The minimum absolute atomic E-state index is 0. The van der Waals surface area contributed by atoms with Crippen LogP contribution in [0.25, 0.3) is 0 Å². The van der Waals surface area contributed by atoms with Crippen molar-refractivity contribution in [2.45, 2.75) is 31.9 Å². The monoisotopic (exact) mass is 377 g/mol. The van der Waals surface area contributed by atoms with Crippen molar-refractivity contribution in [3.8, 4) is 5.75 Å². The van der Waals surface area contributed by atoms with E-state index in [1.807, 2.05) is 7.05 Å². The lowest BCUT2D eigenvalue weighted by Gasteiger charge is -2.33. The normalized spacial score (nSPS) is 16.2. The van der Waals surface area contributed by atoms with Crippen molar-refractivity contribution in [1.29, 1.82) is 0 Å². The van der Waals surface area contributed by atoms with Crippen molar-refractivity contribution in [1.82, 2.24) is 10.2 Å². The number of rotatable bonds is 5. The van der Waals surface area contributed by atoms with Gasteiger partial charge < -0.3 is 15.0 Å². The molecule has 1 unspecified atom stereocenters. The number of piperidine rings is 1. The predicted molar refractivity (Wildman–Crippen MR) is 94.1 cm³/mol. The third-order valence-corrected chi connectivity index (χ3v) is 4.22. The summed E-state index contributed by atoms with van der Waals surface area (Å²) in [7, 11) is 1.91. The first-order chi connectivity index (χ1) is 10.9. The number of nitrogens with one attached hydrogen (secondary N) is 1. The lowest BCUT2D eigenvalue weighted by molar-refractivity contribution is -0.386. The Morgan fingerprint density at radius 1 is 1.46 bits per heavy atom. The zero-order valence-corrected chi connectivity index (χ0v) is 15.1. The molecule has 0 aromatic heterocycles. The molecule has 1 aliphatic rings. The van der Waals surface area contributed by atoms with Crippen LogP contribution < -0.4 is 10.1 Å². The third kappa shape index (κ3) is 4.96. The SMILES string of the molecule is CNC1CCN(C(=O)C(C)Oc2ccc(Cl)cc2[N+](=O)[O-])CC1.Cl. The van der Waals surface area contributed by atoms with Gasteiger partial charge in [0, 0.05) is 30.2 Å². The Kier molecular flexibility index (Phi) is 7.72. The van der Waals surface area contributed by atoms with E-state index in [2.05, 4.69) is 5.32 Å². The van der Waals surface area contributed by atoms with Crippen molar-refractivity contribution < 1.29 is 14.5 Å². The van der Waals surface area contributed by atoms with Crippen molar-refractivity contribution in [2.24, 2.45) is 0 Å². The minimum Gasteiger partial charge on any atom is -0.474 e. The fraction of sp³-hybridized carbons (Fsp3) is 0.533. The molecule has 1 amide bonds. The highest BCUT2D eigenvalue weighted by atomic mass is 35.5. The molecule has 0 spiro atoms. The quantitative estimate of drug-likeness (QED) is 0.629. The molecule has 0 aliphatic carbocycles. The summed E-state index contributed by atoms with van der Waals surface area (Å²) < 4.78 is 5.52. The van der Waals surface area contributed by atoms with E-state index in [9.17, 15) is 14.9 Å². The number of carbonyl (C=O) groups is 1. The molecule has 9 heteroatoms. The van der Waals surface area contributed by atoms with Gasteiger partial charge in [-0.1, -0.05) is 11.6 Å². The number of hydrogen-bond acceptors (Lipinski definition) is 5. The Morgan fingerprint density at radius 2 is 2.08 bits per heavy atom. The molecule has 134 valence electrons. The summed E-state index contributed by atoms with van der Waals surface area (Å²) in [5, 5.41) is 14.5. The van der Waals surface area contributed by atoms with Gasteiger partial charge in [-0.2, -0.15) is 0 Å². The number of carbonyl (C=O) groups excluding carboxylic acids is 1. The second-order valence-electron chi connectivity index (χ2n) is 5.52. The summed E-state index contributed by atoms with van der Waals surface area (Å²) >= 11 is 5.77. The van der Waals surface area contributed by atoms with Crippen molar-refractivity contribution in [3.05, 3.63) is 33.3 Å². The average molecular weight is 378 g/mol. The Hall–Kier alpha value is -1.57. The lowest BCUT2D eigenvalue weighted by atomic mass is 10.0. The number of nitrogens with zero attached hydrogens (tertiary/aromatic N) is 2. The number of ether oxygens (including phenoxy) is 1. The van der Waals surface area contributed by atoms with Gasteiger partial charge in [-0.15, -0.1) is 12.4 Å². The smallest absolute Gasteiger partial charge is 0.312 e. The highest BCUT2D eigenvalue weighted by Gasteiger charge is 2.28. The summed E-state index contributed by atoms with van der Waals surface area (Å²) in [6.45, 7) is 2.91. The van der Waals surface area contributed by atoms with Gasteiger partial charge in [0.15, 0.2) is 11.9 Å². The van der Waals surface area contributed by atoms with E-state index in [1.54, 1.807) is 11.8 Å². The van der Waals surface area contributed by atoms with Crippen LogP contribution in [0, 0.1) is 10.1 Å². The van der Waals surface area contributed by atoms with E-state index in [-0.39, 0.29) is 34.8 Å². The van der Waals surface area contributed by atoms with Gasteiger partial charge in [-0.25, -0.2) is 0 Å². The molecule has 1 saturated heterocycles. The summed E-state index contributed by atoms with van der Waals surface area (Å²) in [6, 6.07) is 4.55. The first kappa shape index (κ1) is 20.5. The molecule has 24 heavy (non-hydrogen) atoms. The topological polar surface area (TPSA) is 84.7 Å². The van der Waals surface area contributed by atoms with Gasteiger partial charge in [-0.3, -0.25) is 14.9 Å². The van der Waals surface area contributed by atoms with Crippen molar-refractivity contribution >= 4 is 35.6 Å². The third-order valence-electron chi connectivity index (χ3n) is 3.98. The first-order valence-corrected chi connectivity index (χ1v) is 7.86. The van der Waals surface area contributed by atoms with Gasteiger partial charge in [0.05, 0.1) is 4.92 Å². The first-order valence-electron chi connectivity index (χ1n) is 7.49. The summed E-state index contributed by atoms with van der Waals surface area (Å²) in [5.41, 5.74) is -0.244. The van der Waals surface area contributed by atoms with E-state index in [0.29, 0.717) is 19.1 Å². The Bertz CT molecular complexity index is 592. The molecule has 1 aliphatic heterocycles. The van der Waals surface area contributed by atoms with Crippen LogP contribution in [0.3, 0.4) is 0 Å². The molecule has 1 aromatic rings. The highest BCUT2D eigenvalue weighted by molar-refractivity contribution is 6.30. The van der Waals surface area contributed by atoms with Crippen LogP contribution in [0.5, 0.6) is 5.75 Å². The molecular weight excluding hydrogens is 357 g/mol. The predicted octanol–water partition coefficient (Wildman–Crippen LogP) is 2.65. The van der Waals surface area contributed by atoms with E-state index in [0.717, 1.165) is 12.8 Å². The van der Waals surface area contributed by atoms with E-state index >= 15 is 0 Å². The second-order valence-corrected chi connectivity index (χ2v) is 5.95. The maximum absolute atomic E-state index is 12.4. The Morgan fingerprint density at radius 3 is 2.62 bits per heavy atom. The Balaban J connectivity index is 0.00000288. The average Bonchev–Trinajstić information content (AvgIpc) is 2.55. The van der Waals surface area contributed by atoms with E-state index in [4.69, 9.17) is 16.3 Å². The van der Waals surface area contributed by atoms with Crippen LogP contribution in [-0.4, -0.2) is 48.0 Å². The van der Waals surface area contributed by atoms with Crippen LogP contribution in [0.15, 0.2) is 18.2 Å². The van der Waals surface area contributed by atoms with Crippen LogP contribution in [0.4, 0.5) is 5.69 Å². The summed E-state index contributed by atoms with van der Waals surface area (Å²) in [5.74, 6) is -0.117. The minimum atomic E-state index is -0.791. The van der Waals surface area contributed by atoms with Crippen LogP contribution in [0.1, 0.15) is 19.8 Å². The standard InChI is InChI=1S/C15H20ClN3O4.ClH/c1-10(15(20)18-7-5-12(17-2)6-8-18)23-14-4-3-11(16)9-13(14)19(21)22;/h3-4,9-10,12,17H,5-8H2,1-2H3;1H. The summed E-state index contributed by atoms with van der Waals surface area (Å²) in [4.78, 5) is 24.7. The number of nitro groups is 1. The van der Waals surface area contributed by atoms with Gasteiger partial charge in [0.2, 0.25) is 0 Å². The molecule has 1 fully saturated rings. The van der Waals surface area contributed by atoms with Crippen LogP contribution in [-0.2, 0) is 4.79 Å². The molecule has 0 saturated carbocycles. The second kappa shape index (κ2) is 9.05. The van der Waals surface area contributed by atoms with E-state index in [1.165, 1.54) is 18.2 Å². The number of likely N-dealkylation sites (tertiary alicyclic amines) is 1. The van der Waals surface area contributed by atoms with Crippen LogP contribution in [0.2, 0.25) is 5.02 Å². The largest absolute Gasteiger partial charge is 0.474 e. The van der Waals surface area contributed by atoms with Crippen LogP contribution >= 0.6 is 24.0 Å². The number of nitro benzene ring substituents is 1. The molecule has 1 N–H and O–H groups in total. The molecule has 2 rings (SSSR count). The molecule has 1 atom stereocenters. The summed E-state index contributed by atoms with van der Waals surface area (Å²) in [6.07, 6.45) is 0.979. The molecule has 0 radical (unpaired) electrons. The number of halogens is 2. The maximum Gasteiger partial charge on any atom is 0.312 e. The lowest BCUT2D eigenvalue weighted by Crippen LogP contribution is -2.48. The number of benzene rings is 1. The molecule has 0 bridgehead atoms. The number of hydrogen-bond donors (Lipinski definition) is 1. The van der Waals surface area contributed by atoms with Gasteiger partial charge in [-0.05, 0) is 38.9 Å². The molecular formula is C15H21Cl2N3O4. The van der Waals surface area contributed by atoms with Crippen molar-refractivity contribution in [2.75, 3.05) is 20.1 Å². The Labute approximate surface area is 151 Å². The van der Waals surface area contributed by atoms with Gasteiger partial charge >= 0.3 is 5.69 Å². The van der Waals surface area contributed by atoms with Gasteiger partial charge in [0.25, 0.3) is 5.91 Å². The zero-order valence-electron chi connectivity index (χ0n) is 13.5. The maximum atomic E-state index is 12.4. The van der Waals surface area contributed by atoms with E-state index < -0.39 is 11.0 Å². The molecule has 7 nitrogen and oxygen atoms in total. The zero-order chi connectivity index (χ0) is 17.0. The molecule has 1 heterocycles. The van der Waals surface area contributed by atoms with Crippen molar-refractivity contribution in [3.63, 3.8) is 0 Å². The molecule has 1 aromatic carbocycles.